The van der Waals surface area contributed by atoms with Gasteiger partial charge in [0, 0.05) is 13.0 Å². The van der Waals surface area contributed by atoms with Gasteiger partial charge in [0.1, 0.15) is 6.04 Å². The second kappa shape index (κ2) is 11.2. The van der Waals surface area contributed by atoms with E-state index in [1.807, 2.05) is 56.3 Å². The maximum Gasteiger partial charge on any atom is 0.305 e. The number of benzene rings is 2. The molecule has 0 fully saturated rings. The second-order valence-corrected chi connectivity index (χ2v) is 7.47. The molecule has 0 saturated heterocycles. The highest BCUT2D eigenvalue weighted by Gasteiger charge is 2.23. The summed E-state index contributed by atoms with van der Waals surface area (Å²) in [7, 11) is 1.36. The molecule has 0 bridgehead atoms. The molecular formula is C23H30N2O4. The molecular weight excluding hydrogens is 368 g/mol. The van der Waals surface area contributed by atoms with E-state index in [9.17, 15) is 14.4 Å². The third-order valence-electron chi connectivity index (χ3n) is 4.78. The monoisotopic (exact) mass is 398 g/mol. The third kappa shape index (κ3) is 7.22. The number of amides is 2. The number of ether oxygens (including phenoxy) is 1. The number of carbonyl (C=O) groups is 3. The van der Waals surface area contributed by atoms with Crippen LogP contribution in [0, 0.1) is 5.92 Å². The van der Waals surface area contributed by atoms with E-state index >= 15 is 0 Å². The smallest absolute Gasteiger partial charge is 0.305 e. The lowest BCUT2D eigenvalue weighted by molar-refractivity contribution is -0.140. The zero-order chi connectivity index (χ0) is 21.2. The van der Waals surface area contributed by atoms with E-state index in [1.165, 1.54) is 7.11 Å². The largest absolute Gasteiger partial charge is 0.469 e. The van der Waals surface area contributed by atoms with Gasteiger partial charge in [0.05, 0.1) is 13.5 Å². The first-order valence-electron chi connectivity index (χ1n) is 10.0. The number of carbonyl (C=O) groups excluding carboxylic acids is 3. The molecule has 0 heterocycles. The van der Waals surface area contributed by atoms with Gasteiger partial charge in [-0.2, -0.15) is 0 Å². The average molecular weight is 399 g/mol. The minimum Gasteiger partial charge on any atom is -0.469 e. The summed E-state index contributed by atoms with van der Waals surface area (Å²) in [6, 6.07) is 13.3. The van der Waals surface area contributed by atoms with Gasteiger partial charge in [-0.15, -0.1) is 0 Å². The van der Waals surface area contributed by atoms with Crippen LogP contribution in [-0.4, -0.2) is 37.5 Å². The number of hydrogen-bond donors (Lipinski definition) is 2. The van der Waals surface area contributed by atoms with Crippen LogP contribution in [0.3, 0.4) is 0 Å². The Kier molecular flexibility index (Phi) is 8.65. The Morgan fingerprint density at radius 2 is 1.72 bits per heavy atom. The predicted octanol–water partition coefficient (Wildman–Crippen LogP) is 2.98. The van der Waals surface area contributed by atoms with Crippen LogP contribution in [0.25, 0.3) is 10.8 Å². The first-order valence-corrected chi connectivity index (χ1v) is 10.0. The van der Waals surface area contributed by atoms with Gasteiger partial charge >= 0.3 is 5.97 Å². The fraction of sp³-hybridized carbons (Fsp3) is 0.435. The summed E-state index contributed by atoms with van der Waals surface area (Å²) in [5.41, 5.74) is 0.909. The van der Waals surface area contributed by atoms with Crippen molar-refractivity contribution in [2.24, 2.45) is 5.92 Å². The molecule has 2 aromatic carbocycles. The normalized spacial score (nSPS) is 11.9. The lowest BCUT2D eigenvalue weighted by Gasteiger charge is -2.22. The zero-order valence-electron chi connectivity index (χ0n) is 17.4. The van der Waals surface area contributed by atoms with Gasteiger partial charge in [-0.1, -0.05) is 56.3 Å². The molecule has 0 aliphatic carbocycles. The molecule has 6 heteroatoms. The minimum absolute atomic E-state index is 0.0365. The van der Waals surface area contributed by atoms with Crippen LogP contribution in [0.5, 0.6) is 0 Å². The van der Waals surface area contributed by atoms with Crippen LogP contribution in [0.1, 0.15) is 38.7 Å². The van der Waals surface area contributed by atoms with Crippen LogP contribution < -0.4 is 10.6 Å². The first kappa shape index (κ1) is 22.4. The van der Waals surface area contributed by atoms with Gasteiger partial charge in [0.25, 0.3) is 0 Å². The predicted molar refractivity (Wildman–Crippen MR) is 113 cm³/mol. The lowest BCUT2D eigenvalue weighted by Crippen LogP contribution is -2.50. The van der Waals surface area contributed by atoms with Crippen LogP contribution in [0.15, 0.2) is 42.5 Å². The summed E-state index contributed by atoms with van der Waals surface area (Å²) in [6.07, 6.45) is 1.88. The molecule has 0 aromatic heterocycles. The number of hydrogen-bond acceptors (Lipinski definition) is 4. The Bertz CT molecular complexity index is 848. The van der Waals surface area contributed by atoms with E-state index < -0.39 is 6.04 Å². The maximum atomic E-state index is 12.5. The third-order valence-corrected chi connectivity index (χ3v) is 4.78. The fourth-order valence-electron chi connectivity index (χ4n) is 3.11. The summed E-state index contributed by atoms with van der Waals surface area (Å²) in [4.78, 5) is 36.1. The Morgan fingerprint density at radius 1 is 1.00 bits per heavy atom. The van der Waals surface area contributed by atoms with E-state index in [-0.39, 0.29) is 30.1 Å². The van der Waals surface area contributed by atoms with Gasteiger partial charge in [-0.05, 0) is 35.1 Å². The number of nitrogens with one attached hydrogen (secondary N) is 2. The van der Waals surface area contributed by atoms with Gasteiger partial charge in [0.2, 0.25) is 11.8 Å². The highest BCUT2D eigenvalue weighted by atomic mass is 16.5. The summed E-state index contributed by atoms with van der Waals surface area (Å²) >= 11 is 0. The molecule has 2 N–H and O–H groups in total. The van der Waals surface area contributed by atoms with Crippen LogP contribution in [-0.2, 0) is 25.5 Å². The number of methoxy groups -OCH3 is 1. The van der Waals surface area contributed by atoms with E-state index in [0.717, 1.165) is 16.3 Å². The molecule has 0 aliphatic rings. The second-order valence-electron chi connectivity index (χ2n) is 7.47. The van der Waals surface area contributed by atoms with Gasteiger partial charge in [-0.3, -0.25) is 14.4 Å². The standard InChI is InChI=1S/C23H30N2O4/c1-16(2)22(23(28)24-13-7-6-10-21(27)29-3)25-20(26)15-17-11-12-18-8-4-5-9-19(18)14-17/h4-5,8-9,11-12,14,16,22H,6-7,10,13,15H2,1-3H3,(H,24,28)(H,25,26)/t22-/m0/s1. The fourth-order valence-corrected chi connectivity index (χ4v) is 3.11. The van der Waals surface area contributed by atoms with Gasteiger partial charge in [0.15, 0.2) is 0 Å². The number of fused-ring (bicyclic) bond motifs is 1. The van der Waals surface area contributed by atoms with Crippen molar-refractivity contribution in [3.05, 3.63) is 48.0 Å². The molecule has 29 heavy (non-hydrogen) atoms. The molecule has 2 aromatic rings. The summed E-state index contributed by atoms with van der Waals surface area (Å²) in [5.74, 6) is -0.673. The molecule has 0 radical (unpaired) electrons. The molecule has 2 rings (SSSR count). The number of unbranched alkanes of at least 4 members (excludes halogenated alkanes) is 1. The molecule has 0 aliphatic heterocycles. The van der Waals surface area contributed by atoms with E-state index in [2.05, 4.69) is 15.4 Å². The first-order chi connectivity index (χ1) is 13.9. The lowest BCUT2D eigenvalue weighted by atomic mass is 10.0. The average Bonchev–Trinajstić information content (AvgIpc) is 2.71. The summed E-state index contributed by atoms with van der Waals surface area (Å²) in [6.45, 7) is 4.26. The Morgan fingerprint density at radius 3 is 2.41 bits per heavy atom. The SMILES string of the molecule is COC(=O)CCCCNC(=O)[C@@H](NC(=O)Cc1ccc2ccccc2c1)C(C)C. The molecule has 1 atom stereocenters. The molecule has 0 unspecified atom stereocenters. The molecule has 2 amide bonds. The van der Waals surface area contributed by atoms with Crippen molar-refractivity contribution >= 4 is 28.6 Å². The van der Waals surface area contributed by atoms with Crippen LogP contribution >= 0.6 is 0 Å². The van der Waals surface area contributed by atoms with Gasteiger partial charge in [-0.25, -0.2) is 0 Å². The highest BCUT2D eigenvalue weighted by molar-refractivity contribution is 5.89. The molecule has 156 valence electrons. The topological polar surface area (TPSA) is 84.5 Å². The van der Waals surface area contributed by atoms with Crippen molar-refractivity contribution < 1.29 is 19.1 Å². The van der Waals surface area contributed by atoms with Crippen molar-refractivity contribution in [1.29, 1.82) is 0 Å². The Labute approximate surface area is 172 Å². The zero-order valence-corrected chi connectivity index (χ0v) is 17.4. The van der Waals surface area contributed by atoms with Gasteiger partial charge < -0.3 is 15.4 Å². The van der Waals surface area contributed by atoms with Crippen molar-refractivity contribution in [2.45, 2.75) is 45.6 Å². The molecule has 0 saturated carbocycles. The minimum atomic E-state index is -0.594. The van der Waals surface area contributed by atoms with E-state index in [4.69, 9.17) is 0 Å². The summed E-state index contributed by atoms with van der Waals surface area (Å²) in [5, 5.41) is 7.91. The van der Waals surface area contributed by atoms with Crippen molar-refractivity contribution in [3.63, 3.8) is 0 Å². The number of rotatable bonds is 10. The van der Waals surface area contributed by atoms with E-state index in [1.54, 1.807) is 0 Å². The molecule has 0 spiro atoms. The Balaban J connectivity index is 1.85. The maximum absolute atomic E-state index is 12.5. The van der Waals surface area contributed by atoms with Crippen molar-refractivity contribution in [1.82, 2.24) is 10.6 Å². The number of esters is 1. The highest BCUT2D eigenvalue weighted by Crippen LogP contribution is 2.16. The summed E-state index contributed by atoms with van der Waals surface area (Å²) < 4.78 is 4.59. The van der Waals surface area contributed by atoms with Crippen molar-refractivity contribution in [2.75, 3.05) is 13.7 Å². The molecule has 6 nitrogen and oxygen atoms in total. The van der Waals surface area contributed by atoms with E-state index in [0.29, 0.717) is 25.8 Å². The quantitative estimate of drug-likeness (QED) is 0.476. The Hall–Kier alpha value is -2.89. The van der Waals surface area contributed by atoms with Crippen molar-refractivity contribution in [3.8, 4) is 0 Å². The van der Waals surface area contributed by atoms with Crippen LogP contribution in [0.4, 0.5) is 0 Å². The van der Waals surface area contributed by atoms with Crippen LogP contribution in [0.2, 0.25) is 0 Å².